The van der Waals surface area contributed by atoms with Gasteiger partial charge in [0.05, 0.1) is 17.7 Å². The topological polar surface area (TPSA) is 98.8 Å². The number of halogens is 9. The lowest BCUT2D eigenvalue weighted by Gasteiger charge is -2.20. The van der Waals surface area contributed by atoms with Crippen molar-refractivity contribution in [2.75, 3.05) is 13.2 Å². The Balaban J connectivity index is 2.27. The summed E-state index contributed by atoms with van der Waals surface area (Å²) in [4.78, 5) is 25.4. The number of ether oxygens (including phenoxy) is 2. The fourth-order valence-corrected chi connectivity index (χ4v) is 7.61. The van der Waals surface area contributed by atoms with E-state index in [0.717, 1.165) is 10.7 Å². The molecular formula is C18H10F3I6NO6S. The van der Waals surface area contributed by atoms with Crippen LogP contribution in [0.2, 0.25) is 0 Å². The van der Waals surface area contributed by atoms with E-state index in [0.29, 0.717) is 10.7 Å². The van der Waals surface area contributed by atoms with E-state index in [1.165, 1.54) is 10.8 Å². The Bertz CT molecular complexity index is 1260. The van der Waals surface area contributed by atoms with Crippen LogP contribution in [-0.2, 0) is 19.5 Å². The van der Waals surface area contributed by atoms with Crippen LogP contribution < -0.4 is 4.72 Å². The highest BCUT2D eigenvalue weighted by Gasteiger charge is 2.46. The van der Waals surface area contributed by atoms with Crippen molar-refractivity contribution in [2.45, 2.75) is 11.6 Å². The first kappa shape index (κ1) is 32.7. The van der Waals surface area contributed by atoms with E-state index >= 15 is 0 Å². The number of hydrogen-bond donors (Lipinski definition) is 1. The third-order valence-electron chi connectivity index (χ3n) is 3.91. The van der Waals surface area contributed by atoms with Gasteiger partial charge in [-0.1, -0.05) is 0 Å². The first-order valence-electron chi connectivity index (χ1n) is 8.76. The molecule has 2 rings (SSSR count). The van der Waals surface area contributed by atoms with Crippen molar-refractivity contribution in [3.8, 4) is 0 Å². The lowest BCUT2D eigenvalue weighted by molar-refractivity contribution is -0.0453. The minimum absolute atomic E-state index is 0.138. The van der Waals surface area contributed by atoms with Crippen molar-refractivity contribution in [1.29, 1.82) is 0 Å². The average Bonchev–Trinajstić information content (AvgIpc) is 2.73. The van der Waals surface area contributed by atoms with Gasteiger partial charge in [-0.2, -0.15) is 13.2 Å². The maximum absolute atomic E-state index is 12.8. The minimum atomic E-state index is -5.71. The molecule has 35 heavy (non-hydrogen) atoms. The molecule has 7 nitrogen and oxygen atoms in total. The fourth-order valence-electron chi connectivity index (χ4n) is 2.29. The number of esters is 2. The number of nitrogens with one attached hydrogen (secondary N) is 1. The van der Waals surface area contributed by atoms with Crippen LogP contribution in [0.15, 0.2) is 24.3 Å². The van der Waals surface area contributed by atoms with Crippen molar-refractivity contribution in [2.24, 2.45) is 0 Å². The van der Waals surface area contributed by atoms with Crippen molar-refractivity contribution in [3.05, 3.63) is 56.8 Å². The Morgan fingerprint density at radius 1 is 0.857 bits per heavy atom. The summed E-state index contributed by atoms with van der Waals surface area (Å²) < 4.78 is 77.1. The number of sulfonamides is 1. The summed E-state index contributed by atoms with van der Waals surface area (Å²) in [6.45, 7) is -1.64. The normalized spacial score (nSPS) is 12.8. The van der Waals surface area contributed by atoms with Crippen LogP contribution in [0.25, 0.3) is 0 Å². The summed E-state index contributed by atoms with van der Waals surface area (Å²) in [7, 11) is -5.71. The van der Waals surface area contributed by atoms with Crippen LogP contribution in [-0.4, -0.2) is 45.1 Å². The maximum atomic E-state index is 12.8. The standard InChI is InChI=1S/C18H10F3I6NO6S/c19-18(20,21)35(31,32)28-5-9(34-17(30)11-2-8(23)4-13(25)15(11)27)6-33-16(29)10-1-7(22)3-12(24)14(10)26/h1-4,9,28H,5-6H2. The number of carbonyl (C=O) groups is 2. The second-order valence-electron chi connectivity index (χ2n) is 6.42. The maximum Gasteiger partial charge on any atom is 0.511 e. The van der Waals surface area contributed by atoms with Gasteiger partial charge < -0.3 is 9.47 Å². The highest BCUT2D eigenvalue weighted by Crippen LogP contribution is 2.26. The summed E-state index contributed by atoms with van der Waals surface area (Å²) in [5.74, 6) is -1.71. The Hall–Kier alpha value is 1.46. The Morgan fingerprint density at radius 3 is 1.77 bits per heavy atom. The van der Waals surface area contributed by atoms with Gasteiger partial charge in [-0.25, -0.2) is 22.7 Å². The molecule has 0 bridgehead atoms. The van der Waals surface area contributed by atoms with Gasteiger partial charge in [0.2, 0.25) is 0 Å². The smallest absolute Gasteiger partial charge is 0.458 e. The van der Waals surface area contributed by atoms with Gasteiger partial charge in [-0.3, -0.25) is 0 Å². The van der Waals surface area contributed by atoms with Gasteiger partial charge in [0.15, 0.2) is 0 Å². The molecule has 0 radical (unpaired) electrons. The molecule has 192 valence electrons. The second kappa shape index (κ2) is 13.7. The van der Waals surface area contributed by atoms with Crippen molar-refractivity contribution >= 4 is 158 Å². The summed E-state index contributed by atoms with van der Waals surface area (Å²) in [5, 5.41) is 0. The molecule has 0 saturated heterocycles. The number of rotatable bonds is 8. The van der Waals surface area contributed by atoms with Gasteiger partial charge >= 0.3 is 27.5 Å². The van der Waals surface area contributed by atoms with Crippen molar-refractivity contribution in [1.82, 2.24) is 4.72 Å². The quantitative estimate of drug-likeness (QED) is 0.194. The molecule has 0 aliphatic heterocycles. The molecular weight excluding hydrogens is 1180 g/mol. The first-order valence-corrected chi connectivity index (χ1v) is 16.7. The fraction of sp³-hybridized carbons (Fsp3) is 0.222. The molecule has 0 fully saturated rings. The molecule has 0 spiro atoms. The lowest BCUT2D eigenvalue weighted by Crippen LogP contribution is -2.43. The molecule has 1 N–H and O–H groups in total. The Kier molecular flexibility index (Phi) is 12.8. The number of hydrogen-bond acceptors (Lipinski definition) is 6. The molecule has 0 heterocycles. The molecule has 17 heteroatoms. The first-order chi connectivity index (χ1) is 16.0. The molecule has 2 aromatic carbocycles. The van der Waals surface area contributed by atoms with Crippen molar-refractivity contribution in [3.63, 3.8) is 0 Å². The van der Waals surface area contributed by atoms with Gasteiger partial charge in [0.1, 0.15) is 12.7 Å². The SMILES string of the molecule is O=C(OCC(CNS(=O)(=O)C(F)(F)F)OC(=O)c1cc(I)cc(I)c1I)c1cc(I)cc(I)c1I. The molecule has 0 amide bonds. The molecule has 0 aliphatic carbocycles. The summed E-state index contributed by atoms with van der Waals surface area (Å²) in [5.41, 5.74) is -5.21. The van der Waals surface area contributed by atoms with Gasteiger partial charge in [0.25, 0.3) is 0 Å². The van der Waals surface area contributed by atoms with E-state index in [4.69, 9.17) is 9.47 Å². The molecule has 2 aromatic rings. The van der Waals surface area contributed by atoms with Crippen LogP contribution in [0.5, 0.6) is 0 Å². The van der Waals surface area contributed by atoms with E-state index in [2.05, 4.69) is 0 Å². The van der Waals surface area contributed by atoms with E-state index in [1.807, 2.05) is 142 Å². The predicted molar refractivity (Wildman–Crippen MR) is 172 cm³/mol. The minimum Gasteiger partial charge on any atom is -0.458 e. The van der Waals surface area contributed by atoms with Crippen LogP contribution in [0, 0.1) is 21.4 Å². The predicted octanol–water partition coefficient (Wildman–Crippen LogP) is 6.14. The lowest BCUT2D eigenvalue weighted by atomic mass is 10.2. The average molecular weight is 1190 g/mol. The molecule has 0 saturated carbocycles. The number of alkyl halides is 3. The highest BCUT2D eigenvalue weighted by molar-refractivity contribution is 14.1. The highest BCUT2D eigenvalue weighted by atomic mass is 127. The van der Waals surface area contributed by atoms with E-state index in [9.17, 15) is 31.2 Å². The van der Waals surface area contributed by atoms with Crippen molar-refractivity contribution < 1.29 is 40.7 Å². The molecule has 1 unspecified atom stereocenters. The van der Waals surface area contributed by atoms with Gasteiger partial charge in [-0.15, -0.1) is 0 Å². The second-order valence-corrected chi connectivity index (χ2v) is 15.2. The zero-order valence-electron chi connectivity index (χ0n) is 16.6. The van der Waals surface area contributed by atoms with E-state index < -0.39 is 46.7 Å². The van der Waals surface area contributed by atoms with E-state index in [1.54, 1.807) is 12.1 Å². The third-order valence-corrected chi connectivity index (χ3v) is 12.4. The summed E-state index contributed by atoms with van der Waals surface area (Å²) in [6, 6.07) is 6.73. The summed E-state index contributed by atoms with van der Waals surface area (Å²) >= 11 is 11.9. The van der Waals surface area contributed by atoms with E-state index in [-0.39, 0.29) is 11.1 Å². The van der Waals surface area contributed by atoms with Crippen LogP contribution in [0.4, 0.5) is 13.2 Å². The molecule has 0 aliphatic rings. The van der Waals surface area contributed by atoms with Crippen LogP contribution in [0.3, 0.4) is 0 Å². The zero-order valence-corrected chi connectivity index (χ0v) is 30.3. The third kappa shape index (κ3) is 9.26. The van der Waals surface area contributed by atoms with Gasteiger partial charge in [0, 0.05) is 21.4 Å². The number of benzene rings is 2. The Labute approximate surface area is 280 Å². The monoisotopic (exact) mass is 1190 g/mol. The zero-order chi connectivity index (χ0) is 26.7. The van der Waals surface area contributed by atoms with Gasteiger partial charge in [-0.05, 0) is 160 Å². The Morgan fingerprint density at radius 2 is 1.31 bits per heavy atom. The largest absolute Gasteiger partial charge is 0.511 e. The van der Waals surface area contributed by atoms with Crippen LogP contribution >= 0.6 is 136 Å². The number of carbonyl (C=O) groups excluding carboxylic acids is 2. The summed E-state index contributed by atoms with van der Waals surface area (Å²) in [6.07, 6.45) is -1.53. The molecule has 0 aromatic heterocycles. The molecule has 1 atom stereocenters. The van der Waals surface area contributed by atoms with Crippen LogP contribution in [0.1, 0.15) is 20.7 Å².